The van der Waals surface area contributed by atoms with Gasteiger partial charge in [0, 0.05) is 13.0 Å². The van der Waals surface area contributed by atoms with E-state index in [0.29, 0.717) is 0 Å². The first-order valence-electron chi connectivity index (χ1n) is 5.70. The van der Waals surface area contributed by atoms with Crippen LogP contribution >= 0.6 is 0 Å². The number of likely N-dealkylation sites (tertiary alicyclic amines) is 1. The standard InChI is InChI=1S/C13H13NO4/c15-11-8-10(9-4-2-1-3-5-9)13(18)14(11)7-6-12(16)17/h1-5,10H,6-8H2,(H,16,17)/t10-/m0/s1. The van der Waals surface area contributed by atoms with E-state index in [-0.39, 0.29) is 31.2 Å². The Balaban J connectivity index is 2.12. The third-order valence-electron chi connectivity index (χ3n) is 3.00. The summed E-state index contributed by atoms with van der Waals surface area (Å²) in [5, 5.41) is 8.58. The van der Waals surface area contributed by atoms with Crippen molar-refractivity contribution in [3.63, 3.8) is 0 Å². The zero-order valence-corrected chi connectivity index (χ0v) is 9.70. The number of carboxylic acids is 1. The van der Waals surface area contributed by atoms with Crippen molar-refractivity contribution in [1.29, 1.82) is 0 Å². The van der Waals surface area contributed by atoms with E-state index in [4.69, 9.17) is 5.11 Å². The van der Waals surface area contributed by atoms with Crippen LogP contribution in [0.25, 0.3) is 0 Å². The number of carbonyl (C=O) groups is 3. The van der Waals surface area contributed by atoms with Crippen LogP contribution in [-0.4, -0.2) is 34.3 Å². The molecule has 2 rings (SSSR count). The van der Waals surface area contributed by atoms with Gasteiger partial charge in [-0.1, -0.05) is 30.3 Å². The molecule has 0 bridgehead atoms. The minimum absolute atomic E-state index is 0.0453. The second-order valence-electron chi connectivity index (χ2n) is 4.19. The largest absolute Gasteiger partial charge is 0.481 e. The van der Waals surface area contributed by atoms with E-state index in [0.717, 1.165) is 10.5 Å². The lowest BCUT2D eigenvalue weighted by molar-refractivity contribution is -0.141. The minimum atomic E-state index is -1.02. The Bertz CT molecular complexity index is 483. The van der Waals surface area contributed by atoms with Crippen LogP contribution in [0.5, 0.6) is 0 Å². The predicted octanol–water partition coefficient (Wildman–Crippen LogP) is 1.00. The highest BCUT2D eigenvalue weighted by molar-refractivity contribution is 6.06. The molecule has 1 saturated heterocycles. The lowest BCUT2D eigenvalue weighted by atomic mass is 9.98. The highest BCUT2D eigenvalue weighted by Crippen LogP contribution is 2.29. The molecule has 1 aromatic carbocycles. The van der Waals surface area contributed by atoms with E-state index >= 15 is 0 Å². The van der Waals surface area contributed by atoms with Crippen molar-refractivity contribution >= 4 is 17.8 Å². The van der Waals surface area contributed by atoms with Gasteiger partial charge in [0.25, 0.3) is 0 Å². The van der Waals surface area contributed by atoms with E-state index < -0.39 is 11.9 Å². The van der Waals surface area contributed by atoms with E-state index in [1.54, 1.807) is 12.1 Å². The van der Waals surface area contributed by atoms with Gasteiger partial charge in [-0.3, -0.25) is 19.3 Å². The van der Waals surface area contributed by atoms with Crippen molar-refractivity contribution in [3.8, 4) is 0 Å². The third kappa shape index (κ3) is 2.40. The van der Waals surface area contributed by atoms with E-state index in [1.807, 2.05) is 18.2 Å². The molecule has 0 saturated carbocycles. The summed E-state index contributed by atoms with van der Waals surface area (Å²) in [5.41, 5.74) is 0.800. The summed E-state index contributed by atoms with van der Waals surface area (Å²) >= 11 is 0. The van der Waals surface area contributed by atoms with Gasteiger partial charge in [-0.05, 0) is 5.56 Å². The Hall–Kier alpha value is -2.17. The van der Waals surface area contributed by atoms with E-state index in [9.17, 15) is 14.4 Å². The molecule has 0 unspecified atom stereocenters. The Labute approximate surface area is 104 Å². The summed E-state index contributed by atoms with van der Waals surface area (Å²) in [7, 11) is 0. The molecule has 1 heterocycles. The summed E-state index contributed by atoms with van der Waals surface area (Å²) in [6.45, 7) is -0.0453. The average Bonchev–Trinajstić information content (AvgIpc) is 2.63. The highest BCUT2D eigenvalue weighted by atomic mass is 16.4. The topological polar surface area (TPSA) is 74.7 Å². The maximum atomic E-state index is 12.0. The summed E-state index contributed by atoms with van der Waals surface area (Å²) < 4.78 is 0. The van der Waals surface area contributed by atoms with Gasteiger partial charge in [-0.2, -0.15) is 0 Å². The number of nitrogens with zero attached hydrogens (tertiary/aromatic N) is 1. The number of benzene rings is 1. The number of imide groups is 1. The molecule has 5 nitrogen and oxygen atoms in total. The second kappa shape index (κ2) is 5.00. The quantitative estimate of drug-likeness (QED) is 0.805. The number of carboxylic acid groups (broad SMARTS) is 1. The first kappa shape index (κ1) is 12.3. The first-order chi connectivity index (χ1) is 8.59. The Morgan fingerprint density at radius 3 is 2.56 bits per heavy atom. The van der Waals surface area contributed by atoms with Crippen LogP contribution in [0.2, 0.25) is 0 Å². The molecule has 2 amide bonds. The van der Waals surface area contributed by atoms with Crippen molar-refractivity contribution in [2.75, 3.05) is 6.54 Å². The summed E-state index contributed by atoms with van der Waals surface area (Å²) in [6.07, 6.45) is -0.0819. The van der Waals surface area contributed by atoms with Gasteiger partial charge in [0.1, 0.15) is 0 Å². The predicted molar refractivity (Wildman–Crippen MR) is 62.8 cm³/mol. The molecule has 1 aliphatic heterocycles. The van der Waals surface area contributed by atoms with Crippen LogP contribution in [0.15, 0.2) is 30.3 Å². The third-order valence-corrected chi connectivity index (χ3v) is 3.00. The van der Waals surface area contributed by atoms with Gasteiger partial charge < -0.3 is 5.11 Å². The van der Waals surface area contributed by atoms with Crippen LogP contribution in [0, 0.1) is 0 Å². The number of aliphatic carboxylic acids is 1. The summed E-state index contributed by atoms with van der Waals surface area (Å²) in [5.74, 6) is -2.08. The Morgan fingerprint density at radius 1 is 1.28 bits per heavy atom. The normalized spacial score (nSPS) is 19.3. The number of hydrogen-bond donors (Lipinski definition) is 1. The zero-order valence-electron chi connectivity index (χ0n) is 9.70. The van der Waals surface area contributed by atoms with Crippen LogP contribution in [0.3, 0.4) is 0 Å². The van der Waals surface area contributed by atoms with Gasteiger partial charge in [-0.25, -0.2) is 0 Å². The van der Waals surface area contributed by atoms with Gasteiger partial charge in [0.2, 0.25) is 11.8 Å². The average molecular weight is 247 g/mol. The number of hydrogen-bond acceptors (Lipinski definition) is 3. The maximum Gasteiger partial charge on any atom is 0.305 e. The van der Waals surface area contributed by atoms with Crippen molar-refractivity contribution < 1.29 is 19.5 Å². The van der Waals surface area contributed by atoms with E-state index in [2.05, 4.69) is 0 Å². The van der Waals surface area contributed by atoms with Gasteiger partial charge in [-0.15, -0.1) is 0 Å². The van der Waals surface area contributed by atoms with Crippen molar-refractivity contribution in [2.24, 2.45) is 0 Å². The molecule has 0 aliphatic carbocycles. The lowest BCUT2D eigenvalue weighted by Crippen LogP contribution is -2.32. The first-order valence-corrected chi connectivity index (χ1v) is 5.70. The van der Waals surface area contributed by atoms with E-state index in [1.165, 1.54) is 0 Å². The molecule has 1 fully saturated rings. The molecule has 0 radical (unpaired) electrons. The highest BCUT2D eigenvalue weighted by Gasteiger charge is 2.39. The number of amides is 2. The van der Waals surface area contributed by atoms with Crippen LogP contribution < -0.4 is 0 Å². The fraction of sp³-hybridized carbons (Fsp3) is 0.308. The molecule has 1 aromatic rings. The van der Waals surface area contributed by atoms with Crippen molar-refractivity contribution in [3.05, 3.63) is 35.9 Å². The monoisotopic (exact) mass is 247 g/mol. The zero-order chi connectivity index (χ0) is 13.1. The Kier molecular flexibility index (Phi) is 3.41. The molecule has 0 spiro atoms. The maximum absolute atomic E-state index is 12.0. The smallest absolute Gasteiger partial charge is 0.305 e. The molecular weight excluding hydrogens is 234 g/mol. The molecule has 18 heavy (non-hydrogen) atoms. The molecule has 5 heteroatoms. The fourth-order valence-corrected chi connectivity index (χ4v) is 2.07. The molecule has 0 aromatic heterocycles. The number of rotatable bonds is 4. The van der Waals surface area contributed by atoms with Crippen LogP contribution in [0.4, 0.5) is 0 Å². The SMILES string of the molecule is O=C(O)CCN1C(=O)C[C@@H](c2ccccc2)C1=O. The van der Waals surface area contributed by atoms with Crippen LogP contribution in [-0.2, 0) is 14.4 Å². The van der Waals surface area contributed by atoms with Gasteiger partial charge in [0.05, 0.1) is 12.3 Å². The van der Waals surface area contributed by atoms with Gasteiger partial charge >= 0.3 is 5.97 Å². The van der Waals surface area contributed by atoms with Crippen molar-refractivity contribution in [2.45, 2.75) is 18.8 Å². The van der Waals surface area contributed by atoms with Crippen LogP contribution in [0.1, 0.15) is 24.3 Å². The van der Waals surface area contributed by atoms with Gasteiger partial charge in [0.15, 0.2) is 0 Å². The summed E-state index contributed by atoms with van der Waals surface area (Å²) in [6, 6.07) is 9.07. The Morgan fingerprint density at radius 2 is 1.94 bits per heavy atom. The summed E-state index contributed by atoms with van der Waals surface area (Å²) in [4.78, 5) is 35.3. The lowest BCUT2D eigenvalue weighted by Gasteiger charge is -2.13. The van der Waals surface area contributed by atoms with Crippen molar-refractivity contribution in [1.82, 2.24) is 4.90 Å². The molecular formula is C13H13NO4. The fourth-order valence-electron chi connectivity index (χ4n) is 2.07. The second-order valence-corrected chi connectivity index (χ2v) is 4.19. The molecule has 1 atom stereocenters. The molecule has 1 N–H and O–H groups in total. The number of carbonyl (C=O) groups excluding carboxylic acids is 2. The molecule has 1 aliphatic rings. The minimum Gasteiger partial charge on any atom is -0.481 e. The molecule has 94 valence electrons.